The summed E-state index contributed by atoms with van der Waals surface area (Å²) in [6.07, 6.45) is 1.64. The molecule has 1 aliphatic rings. The van der Waals surface area contributed by atoms with Gasteiger partial charge in [-0.3, -0.25) is 0 Å². The van der Waals surface area contributed by atoms with Crippen LogP contribution in [-0.2, 0) is 16.6 Å². The lowest BCUT2D eigenvalue weighted by molar-refractivity contribution is 0.383. The highest BCUT2D eigenvalue weighted by Crippen LogP contribution is 2.21. The lowest BCUT2D eigenvalue weighted by Crippen LogP contribution is -2.48. The predicted octanol–water partition coefficient (Wildman–Crippen LogP) is 2.03. The molecule has 6 nitrogen and oxygen atoms in total. The molecule has 7 heteroatoms. The van der Waals surface area contributed by atoms with Crippen molar-refractivity contribution in [2.45, 2.75) is 32.3 Å². The van der Waals surface area contributed by atoms with E-state index in [9.17, 15) is 8.42 Å². The van der Waals surface area contributed by atoms with Crippen molar-refractivity contribution >= 4 is 15.7 Å². The van der Waals surface area contributed by atoms with E-state index in [1.54, 1.807) is 10.5 Å². The van der Waals surface area contributed by atoms with Crippen molar-refractivity contribution in [1.29, 1.82) is 0 Å². The summed E-state index contributed by atoms with van der Waals surface area (Å²) in [6, 6.07) is 8.31. The third-order valence-corrected chi connectivity index (χ3v) is 6.27. The maximum atomic E-state index is 12.8. The van der Waals surface area contributed by atoms with Crippen molar-refractivity contribution in [3.63, 3.8) is 0 Å². The Bertz CT molecular complexity index is 821. The fourth-order valence-electron chi connectivity index (χ4n) is 3.07. The number of hydrogen-bond donors (Lipinski definition) is 0. The summed E-state index contributed by atoms with van der Waals surface area (Å²) in [6.45, 7) is 8.94. The van der Waals surface area contributed by atoms with E-state index < -0.39 is 10.0 Å². The summed E-state index contributed by atoms with van der Waals surface area (Å²) in [7, 11) is -3.51. The monoisotopic (exact) mass is 348 g/mol. The number of anilines is 1. The van der Waals surface area contributed by atoms with Crippen molar-refractivity contribution < 1.29 is 8.42 Å². The Morgan fingerprint density at radius 3 is 2.42 bits per heavy atom. The molecule has 24 heavy (non-hydrogen) atoms. The quantitative estimate of drug-likeness (QED) is 0.848. The first kappa shape index (κ1) is 17.0. The number of imidazole rings is 1. The van der Waals surface area contributed by atoms with Gasteiger partial charge in [0, 0.05) is 44.6 Å². The molecular formula is C17H24N4O2S. The van der Waals surface area contributed by atoms with E-state index >= 15 is 0 Å². The van der Waals surface area contributed by atoms with Gasteiger partial charge in [0.25, 0.3) is 10.0 Å². The van der Waals surface area contributed by atoms with Crippen LogP contribution in [0.5, 0.6) is 0 Å². The van der Waals surface area contributed by atoms with Gasteiger partial charge in [-0.15, -0.1) is 0 Å². The Labute approximate surface area is 143 Å². The summed E-state index contributed by atoms with van der Waals surface area (Å²) in [5.74, 6) is 0.731. The molecule has 0 bridgehead atoms. The zero-order chi connectivity index (χ0) is 17.3. The van der Waals surface area contributed by atoms with E-state index in [2.05, 4.69) is 35.0 Å². The summed E-state index contributed by atoms with van der Waals surface area (Å²) in [5, 5.41) is 0.158. The number of benzene rings is 1. The number of aryl methyl sites for hydroxylation is 3. The second-order valence-electron chi connectivity index (χ2n) is 6.14. The highest BCUT2D eigenvalue weighted by molar-refractivity contribution is 7.89. The van der Waals surface area contributed by atoms with Gasteiger partial charge in [-0.05, 0) is 38.5 Å². The van der Waals surface area contributed by atoms with E-state index in [1.807, 2.05) is 24.5 Å². The lowest BCUT2D eigenvalue weighted by atomic mass is 10.2. The third-order valence-electron chi connectivity index (χ3n) is 4.50. The van der Waals surface area contributed by atoms with Crippen molar-refractivity contribution in [3.05, 3.63) is 41.9 Å². The number of sulfonamides is 1. The Kier molecular flexibility index (Phi) is 4.64. The van der Waals surface area contributed by atoms with Crippen LogP contribution >= 0.6 is 0 Å². The standard InChI is InChI=1S/C17H24N4O2S/c1-4-19-13-17(18-15(19)3)24(22,23)21-10-8-20(9-11-21)16-7-5-6-14(2)12-16/h5-7,12-13H,4,8-11H2,1-3H3. The molecular weight excluding hydrogens is 324 g/mol. The van der Waals surface area contributed by atoms with Crippen LogP contribution < -0.4 is 4.90 Å². The van der Waals surface area contributed by atoms with E-state index in [4.69, 9.17) is 0 Å². The van der Waals surface area contributed by atoms with Crippen LogP contribution in [0.4, 0.5) is 5.69 Å². The fourth-order valence-corrected chi connectivity index (χ4v) is 4.48. The lowest BCUT2D eigenvalue weighted by Gasteiger charge is -2.35. The summed E-state index contributed by atoms with van der Waals surface area (Å²) >= 11 is 0. The predicted molar refractivity (Wildman–Crippen MR) is 94.8 cm³/mol. The Morgan fingerprint density at radius 2 is 1.83 bits per heavy atom. The molecule has 1 aliphatic heterocycles. The Morgan fingerprint density at radius 1 is 1.12 bits per heavy atom. The molecule has 1 saturated heterocycles. The summed E-state index contributed by atoms with van der Waals surface area (Å²) in [5.41, 5.74) is 2.36. The van der Waals surface area contributed by atoms with Crippen LogP contribution in [0.3, 0.4) is 0 Å². The molecule has 2 heterocycles. The second kappa shape index (κ2) is 6.57. The second-order valence-corrected chi connectivity index (χ2v) is 8.03. The van der Waals surface area contributed by atoms with Gasteiger partial charge >= 0.3 is 0 Å². The van der Waals surface area contributed by atoms with Gasteiger partial charge in [0.2, 0.25) is 0 Å². The van der Waals surface area contributed by atoms with Crippen molar-refractivity contribution in [2.75, 3.05) is 31.1 Å². The van der Waals surface area contributed by atoms with E-state index in [0.717, 1.165) is 18.1 Å². The fraction of sp³-hybridized carbons (Fsp3) is 0.471. The largest absolute Gasteiger partial charge is 0.369 e. The maximum Gasteiger partial charge on any atom is 0.262 e. The van der Waals surface area contributed by atoms with Crippen molar-refractivity contribution in [1.82, 2.24) is 13.9 Å². The number of rotatable bonds is 4. The molecule has 0 aliphatic carbocycles. The molecule has 130 valence electrons. The smallest absolute Gasteiger partial charge is 0.262 e. The number of aromatic nitrogens is 2. The van der Waals surface area contributed by atoms with Gasteiger partial charge in [0.05, 0.1) is 0 Å². The van der Waals surface area contributed by atoms with E-state index in [0.29, 0.717) is 26.2 Å². The van der Waals surface area contributed by atoms with Crippen LogP contribution in [0.25, 0.3) is 0 Å². The molecule has 0 unspecified atom stereocenters. The molecule has 1 aromatic carbocycles. The number of piperazine rings is 1. The van der Waals surface area contributed by atoms with Crippen molar-refractivity contribution in [2.24, 2.45) is 0 Å². The molecule has 0 amide bonds. The molecule has 0 saturated carbocycles. The molecule has 3 rings (SSSR count). The minimum absolute atomic E-state index is 0.158. The SMILES string of the molecule is CCn1cc(S(=O)(=O)N2CCN(c3cccc(C)c3)CC2)nc1C. The highest BCUT2D eigenvalue weighted by atomic mass is 32.2. The molecule has 0 spiro atoms. The van der Waals surface area contributed by atoms with Gasteiger partial charge in [0.1, 0.15) is 5.82 Å². The van der Waals surface area contributed by atoms with Gasteiger partial charge in [-0.1, -0.05) is 12.1 Å². The Hall–Kier alpha value is -1.86. The molecule has 0 N–H and O–H groups in total. The zero-order valence-electron chi connectivity index (χ0n) is 14.4. The minimum Gasteiger partial charge on any atom is -0.369 e. The Balaban J connectivity index is 1.73. The van der Waals surface area contributed by atoms with Crippen LogP contribution in [0.15, 0.2) is 35.5 Å². The molecule has 1 aromatic heterocycles. The first-order valence-corrected chi connectivity index (χ1v) is 9.71. The average molecular weight is 348 g/mol. The normalized spacial score (nSPS) is 16.5. The number of hydrogen-bond acceptors (Lipinski definition) is 4. The van der Waals surface area contributed by atoms with Crippen LogP contribution in [-0.4, -0.2) is 48.5 Å². The van der Waals surface area contributed by atoms with Gasteiger partial charge < -0.3 is 9.47 Å². The summed E-state index contributed by atoms with van der Waals surface area (Å²) in [4.78, 5) is 6.47. The van der Waals surface area contributed by atoms with E-state index in [1.165, 1.54) is 5.56 Å². The van der Waals surface area contributed by atoms with Crippen LogP contribution in [0.1, 0.15) is 18.3 Å². The molecule has 2 aromatic rings. The average Bonchev–Trinajstić information content (AvgIpc) is 2.97. The third kappa shape index (κ3) is 3.18. The van der Waals surface area contributed by atoms with Gasteiger partial charge in [-0.2, -0.15) is 4.31 Å². The summed E-state index contributed by atoms with van der Waals surface area (Å²) < 4.78 is 29.0. The first-order valence-electron chi connectivity index (χ1n) is 8.27. The highest BCUT2D eigenvalue weighted by Gasteiger charge is 2.30. The van der Waals surface area contributed by atoms with E-state index in [-0.39, 0.29) is 5.03 Å². The zero-order valence-corrected chi connectivity index (χ0v) is 15.3. The minimum atomic E-state index is -3.51. The number of nitrogens with zero attached hydrogens (tertiary/aromatic N) is 4. The van der Waals surface area contributed by atoms with Crippen molar-refractivity contribution in [3.8, 4) is 0 Å². The molecule has 1 fully saturated rings. The topological polar surface area (TPSA) is 58.4 Å². The van der Waals surface area contributed by atoms with Crippen LogP contribution in [0.2, 0.25) is 0 Å². The maximum absolute atomic E-state index is 12.8. The molecule has 0 radical (unpaired) electrons. The first-order chi connectivity index (χ1) is 11.4. The van der Waals surface area contributed by atoms with Crippen LogP contribution in [0, 0.1) is 13.8 Å². The van der Waals surface area contributed by atoms with Gasteiger partial charge in [0.15, 0.2) is 5.03 Å². The van der Waals surface area contributed by atoms with Gasteiger partial charge in [-0.25, -0.2) is 13.4 Å². The molecule has 0 atom stereocenters.